The highest BCUT2D eigenvalue weighted by Gasteiger charge is 2.29. The lowest BCUT2D eigenvalue weighted by Gasteiger charge is -2.27. The first kappa shape index (κ1) is 13.5. The highest BCUT2D eigenvalue weighted by Crippen LogP contribution is 2.38. The van der Waals surface area contributed by atoms with Crippen molar-refractivity contribution in [3.8, 4) is 11.5 Å². The van der Waals surface area contributed by atoms with Crippen molar-refractivity contribution in [2.24, 2.45) is 0 Å². The molecule has 0 radical (unpaired) electrons. The fourth-order valence-corrected chi connectivity index (χ4v) is 1.77. The van der Waals surface area contributed by atoms with E-state index in [0.717, 1.165) is 5.69 Å². The van der Waals surface area contributed by atoms with E-state index in [9.17, 15) is 4.79 Å². The van der Waals surface area contributed by atoms with Gasteiger partial charge in [-0.3, -0.25) is 0 Å². The quantitative estimate of drug-likeness (QED) is 0.642. The summed E-state index contributed by atoms with van der Waals surface area (Å²) in [6.07, 6.45) is -0.667. The molecule has 0 amide bonds. The molecule has 1 aromatic rings. The number of hydrogen-bond acceptors (Lipinski definition) is 6. The van der Waals surface area contributed by atoms with Crippen LogP contribution in [-0.4, -0.2) is 39.1 Å². The van der Waals surface area contributed by atoms with E-state index in [1.165, 1.54) is 7.11 Å². The Morgan fingerprint density at radius 2 is 2.37 bits per heavy atom. The summed E-state index contributed by atoms with van der Waals surface area (Å²) >= 11 is 0. The molecule has 0 saturated heterocycles. The van der Waals surface area contributed by atoms with Crippen molar-refractivity contribution in [3.05, 3.63) is 18.2 Å². The topological polar surface area (TPSA) is 66.0 Å². The Bertz CT molecular complexity index is 449. The molecule has 0 fully saturated rings. The third kappa shape index (κ3) is 3.08. The molecule has 104 valence electrons. The summed E-state index contributed by atoms with van der Waals surface area (Å²) in [5.41, 5.74) is 0.786. The lowest BCUT2D eigenvalue weighted by atomic mass is 10.2. The van der Waals surface area contributed by atoms with Gasteiger partial charge in [-0.25, -0.2) is 4.79 Å². The predicted molar refractivity (Wildman–Crippen MR) is 68.5 cm³/mol. The number of para-hydroxylation sites is 1. The zero-order chi connectivity index (χ0) is 13.7. The van der Waals surface area contributed by atoms with Gasteiger partial charge in [-0.05, 0) is 19.1 Å². The van der Waals surface area contributed by atoms with Crippen LogP contribution in [0.15, 0.2) is 18.2 Å². The van der Waals surface area contributed by atoms with Crippen LogP contribution < -0.4 is 14.8 Å². The summed E-state index contributed by atoms with van der Waals surface area (Å²) in [4.78, 5) is 11.7. The second kappa shape index (κ2) is 6.29. The number of hydrogen-bond donors (Lipinski definition) is 1. The molecule has 1 aromatic carbocycles. The number of carbonyl (C=O) groups is 1. The summed E-state index contributed by atoms with van der Waals surface area (Å²) in [7, 11) is 1.54. The molecule has 0 saturated carbocycles. The van der Waals surface area contributed by atoms with Crippen molar-refractivity contribution < 1.29 is 23.7 Å². The molecule has 0 bridgehead atoms. The molecule has 1 aliphatic rings. The number of carbonyl (C=O) groups excluding carboxylic acids is 1. The van der Waals surface area contributed by atoms with Gasteiger partial charge < -0.3 is 24.3 Å². The number of ether oxygens (including phenoxy) is 4. The SMILES string of the molecule is CCOC(=O)C1CNc2cccc(OCOC)c2O1. The first-order valence-electron chi connectivity index (χ1n) is 6.08. The van der Waals surface area contributed by atoms with Crippen LogP contribution in [0, 0.1) is 0 Å². The molecule has 0 aliphatic carbocycles. The second-order valence-corrected chi connectivity index (χ2v) is 3.92. The Labute approximate surface area is 111 Å². The number of rotatable bonds is 5. The average molecular weight is 267 g/mol. The normalized spacial score (nSPS) is 16.8. The van der Waals surface area contributed by atoms with E-state index in [1.54, 1.807) is 13.0 Å². The minimum absolute atomic E-state index is 0.115. The van der Waals surface area contributed by atoms with Crippen molar-refractivity contribution in [2.45, 2.75) is 13.0 Å². The Morgan fingerprint density at radius 3 is 3.11 bits per heavy atom. The first-order valence-corrected chi connectivity index (χ1v) is 6.08. The molecule has 6 nitrogen and oxygen atoms in total. The van der Waals surface area contributed by atoms with Gasteiger partial charge in [-0.1, -0.05) is 6.07 Å². The fourth-order valence-electron chi connectivity index (χ4n) is 1.77. The number of nitrogens with one attached hydrogen (secondary N) is 1. The standard InChI is InChI=1S/C13H17NO5/c1-3-17-13(15)11-7-14-9-5-4-6-10(12(9)19-11)18-8-16-2/h4-6,11,14H,3,7-8H2,1-2H3. The van der Waals surface area contributed by atoms with Gasteiger partial charge in [0, 0.05) is 7.11 Å². The molecular formula is C13H17NO5. The van der Waals surface area contributed by atoms with Crippen molar-refractivity contribution in [1.82, 2.24) is 0 Å². The number of methoxy groups -OCH3 is 1. The first-order chi connectivity index (χ1) is 9.26. The maximum Gasteiger partial charge on any atom is 0.349 e. The Hall–Kier alpha value is -1.95. The Morgan fingerprint density at radius 1 is 1.53 bits per heavy atom. The molecule has 6 heteroatoms. The fraction of sp³-hybridized carbons (Fsp3) is 0.462. The van der Waals surface area contributed by atoms with E-state index in [-0.39, 0.29) is 12.8 Å². The molecule has 1 atom stereocenters. The maximum absolute atomic E-state index is 11.7. The minimum atomic E-state index is -0.667. The largest absolute Gasteiger partial charge is 0.471 e. The van der Waals surface area contributed by atoms with Crippen LogP contribution in [0.5, 0.6) is 11.5 Å². The highest BCUT2D eigenvalue weighted by molar-refractivity contribution is 5.78. The van der Waals surface area contributed by atoms with Crippen molar-refractivity contribution in [3.63, 3.8) is 0 Å². The van der Waals surface area contributed by atoms with Gasteiger partial charge in [-0.15, -0.1) is 0 Å². The van der Waals surface area contributed by atoms with Crippen molar-refractivity contribution in [2.75, 3.05) is 32.4 Å². The second-order valence-electron chi connectivity index (χ2n) is 3.92. The molecule has 0 spiro atoms. The van der Waals surface area contributed by atoms with Crippen LogP contribution in [0.25, 0.3) is 0 Å². The molecule has 19 heavy (non-hydrogen) atoms. The molecule has 2 rings (SSSR count). The van der Waals surface area contributed by atoms with Crippen LogP contribution in [0.2, 0.25) is 0 Å². The van der Waals surface area contributed by atoms with Gasteiger partial charge >= 0.3 is 5.97 Å². The Kier molecular flexibility index (Phi) is 4.46. The monoisotopic (exact) mass is 267 g/mol. The number of esters is 1. The highest BCUT2D eigenvalue weighted by atomic mass is 16.7. The molecule has 0 aromatic heterocycles. The van der Waals surface area contributed by atoms with E-state index in [2.05, 4.69) is 5.32 Å². The van der Waals surface area contributed by atoms with E-state index in [4.69, 9.17) is 18.9 Å². The average Bonchev–Trinajstić information content (AvgIpc) is 2.44. The number of benzene rings is 1. The van der Waals surface area contributed by atoms with E-state index in [0.29, 0.717) is 24.7 Å². The molecule has 1 N–H and O–H groups in total. The zero-order valence-corrected chi connectivity index (χ0v) is 11.0. The van der Waals surface area contributed by atoms with Gasteiger partial charge in [0.2, 0.25) is 6.10 Å². The molecule has 1 unspecified atom stereocenters. The summed E-state index contributed by atoms with van der Waals surface area (Å²) < 4.78 is 20.9. The van der Waals surface area contributed by atoms with Crippen LogP contribution in [0.4, 0.5) is 5.69 Å². The zero-order valence-electron chi connectivity index (χ0n) is 11.0. The maximum atomic E-state index is 11.7. The van der Waals surface area contributed by atoms with Crippen molar-refractivity contribution >= 4 is 11.7 Å². The van der Waals surface area contributed by atoms with Crippen LogP contribution in [-0.2, 0) is 14.3 Å². The van der Waals surface area contributed by atoms with Crippen LogP contribution >= 0.6 is 0 Å². The predicted octanol–water partition coefficient (Wildman–Crippen LogP) is 1.41. The summed E-state index contributed by atoms with van der Waals surface area (Å²) in [5.74, 6) is 0.645. The van der Waals surface area contributed by atoms with Gasteiger partial charge in [0.05, 0.1) is 18.8 Å². The number of anilines is 1. The van der Waals surface area contributed by atoms with Crippen LogP contribution in [0.3, 0.4) is 0 Å². The van der Waals surface area contributed by atoms with Gasteiger partial charge in [0.15, 0.2) is 18.3 Å². The smallest absolute Gasteiger partial charge is 0.349 e. The summed E-state index contributed by atoms with van der Waals surface area (Å²) in [6, 6.07) is 5.45. The summed E-state index contributed by atoms with van der Waals surface area (Å²) in [5, 5.41) is 3.12. The summed E-state index contributed by atoms with van der Waals surface area (Å²) in [6.45, 7) is 2.58. The minimum Gasteiger partial charge on any atom is -0.471 e. The molecule has 1 heterocycles. The lowest BCUT2D eigenvalue weighted by molar-refractivity contribution is -0.151. The van der Waals surface area contributed by atoms with E-state index < -0.39 is 6.10 Å². The molecular weight excluding hydrogens is 250 g/mol. The van der Waals surface area contributed by atoms with Gasteiger partial charge in [0.1, 0.15) is 0 Å². The Balaban J connectivity index is 2.15. The van der Waals surface area contributed by atoms with Gasteiger partial charge in [0.25, 0.3) is 0 Å². The van der Waals surface area contributed by atoms with E-state index >= 15 is 0 Å². The number of fused-ring (bicyclic) bond motifs is 1. The third-order valence-electron chi connectivity index (χ3n) is 2.60. The third-order valence-corrected chi connectivity index (χ3v) is 2.60. The van der Waals surface area contributed by atoms with E-state index in [1.807, 2.05) is 12.1 Å². The van der Waals surface area contributed by atoms with Crippen molar-refractivity contribution in [1.29, 1.82) is 0 Å². The lowest BCUT2D eigenvalue weighted by Crippen LogP contribution is -2.39. The van der Waals surface area contributed by atoms with Crippen LogP contribution in [0.1, 0.15) is 6.92 Å². The molecule has 1 aliphatic heterocycles. The van der Waals surface area contributed by atoms with Gasteiger partial charge in [-0.2, -0.15) is 0 Å².